The SMILES string of the molecule is C=COCCCCCCCC(F)(F)F. The van der Waals surface area contributed by atoms with Gasteiger partial charge in [-0.15, -0.1) is 0 Å². The molecule has 0 atom stereocenters. The smallest absolute Gasteiger partial charge is 0.389 e. The van der Waals surface area contributed by atoms with Crippen LogP contribution in [0.1, 0.15) is 38.5 Å². The van der Waals surface area contributed by atoms with Crippen molar-refractivity contribution in [3.05, 3.63) is 12.8 Å². The van der Waals surface area contributed by atoms with Crippen molar-refractivity contribution in [2.45, 2.75) is 44.7 Å². The van der Waals surface area contributed by atoms with E-state index in [9.17, 15) is 13.2 Å². The number of hydrogen-bond donors (Lipinski definition) is 0. The lowest BCUT2D eigenvalue weighted by Crippen LogP contribution is -2.06. The van der Waals surface area contributed by atoms with Gasteiger partial charge in [0.2, 0.25) is 0 Å². The molecule has 0 radical (unpaired) electrons. The van der Waals surface area contributed by atoms with Crippen LogP contribution in [0.3, 0.4) is 0 Å². The number of halogens is 3. The summed E-state index contributed by atoms with van der Waals surface area (Å²) < 4.78 is 40.0. The molecule has 4 heteroatoms. The highest BCUT2D eigenvalue weighted by Crippen LogP contribution is 2.22. The zero-order valence-corrected chi connectivity index (χ0v) is 8.28. The van der Waals surface area contributed by atoms with Crippen LogP contribution in [0, 0.1) is 0 Å². The first-order valence-electron chi connectivity index (χ1n) is 4.85. The number of alkyl halides is 3. The Morgan fingerprint density at radius 1 is 1.00 bits per heavy atom. The second-order valence-electron chi connectivity index (χ2n) is 3.17. The van der Waals surface area contributed by atoms with E-state index in [1.54, 1.807) is 0 Å². The monoisotopic (exact) mass is 210 g/mol. The van der Waals surface area contributed by atoms with E-state index in [0.29, 0.717) is 13.0 Å². The van der Waals surface area contributed by atoms with Crippen LogP contribution in [0.2, 0.25) is 0 Å². The fourth-order valence-electron chi connectivity index (χ4n) is 1.12. The first kappa shape index (κ1) is 13.3. The minimum absolute atomic E-state index is 0.242. The van der Waals surface area contributed by atoms with Crippen molar-refractivity contribution < 1.29 is 17.9 Å². The Balaban J connectivity index is 3.03. The van der Waals surface area contributed by atoms with Crippen molar-refractivity contribution in [1.29, 1.82) is 0 Å². The summed E-state index contributed by atoms with van der Waals surface area (Å²) in [5, 5.41) is 0. The van der Waals surface area contributed by atoms with Gasteiger partial charge in [-0.25, -0.2) is 0 Å². The van der Waals surface area contributed by atoms with Crippen molar-refractivity contribution >= 4 is 0 Å². The summed E-state index contributed by atoms with van der Waals surface area (Å²) in [7, 11) is 0. The summed E-state index contributed by atoms with van der Waals surface area (Å²) >= 11 is 0. The number of unbranched alkanes of at least 4 members (excludes halogenated alkanes) is 4. The van der Waals surface area contributed by atoms with Gasteiger partial charge in [0.05, 0.1) is 12.9 Å². The molecular weight excluding hydrogens is 193 g/mol. The third kappa shape index (κ3) is 11.3. The summed E-state index contributed by atoms with van der Waals surface area (Å²) in [5.41, 5.74) is 0. The minimum atomic E-state index is -3.99. The Bertz CT molecular complexity index is 143. The maximum absolute atomic E-state index is 11.7. The first-order valence-corrected chi connectivity index (χ1v) is 4.85. The van der Waals surface area contributed by atoms with Crippen molar-refractivity contribution in [2.24, 2.45) is 0 Å². The Hall–Kier alpha value is -0.670. The standard InChI is InChI=1S/C10H17F3O/c1-2-14-9-7-5-3-4-6-8-10(11,12)13/h2H,1,3-9H2. The molecule has 0 rings (SSSR count). The molecule has 0 unspecified atom stereocenters. The van der Waals surface area contributed by atoms with Crippen LogP contribution in [0.4, 0.5) is 13.2 Å². The molecule has 0 aromatic carbocycles. The van der Waals surface area contributed by atoms with E-state index in [0.717, 1.165) is 19.3 Å². The fourth-order valence-corrected chi connectivity index (χ4v) is 1.12. The van der Waals surface area contributed by atoms with Gasteiger partial charge >= 0.3 is 6.18 Å². The number of ether oxygens (including phenoxy) is 1. The summed E-state index contributed by atoms with van der Waals surface area (Å²) in [4.78, 5) is 0. The lowest BCUT2D eigenvalue weighted by molar-refractivity contribution is -0.135. The van der Waals surface area contributed by atoms with E-state index < -0.39 is 12.6 Å². The molecule has 0 heterocycles. The topological polar surface area (TPSA) is 9.23 Å². The van der Waals surface area contributed by atoms with E-state index in [4.69, 9.17) is 4.74 Å². The predicted molar refractivity (Wildman–Crippen MR) is 49.9 cm³/mol. The van der Waals surface area contributed by atoms with Crippen LogP contribution in [0.25, 0.3) is 0 Å². The largest absolute Gasteiger partial charge is 0.502 e. The molecule has 14 heavy (non-hydrogen) atoms. The highest BCUT2D eigenvalue weighted by atomic mass is 19.4. The van der Waals surface area contributed by atoms with Gasteiger partial charge in [0.1, 0.15) is 0 Å². The fraction of sp³-hybridized carbons (Fsp3) is 0.800. The molecule has 0 aliphatic heterocycles. The van der Waals surface area contributed by atoms with Crippen LogP contribution < -0.4 is 0 Å². The summed E-state index contributed by atoms with van der Waals surface area (Å²) in [5.74, 6) is 0. The van der Waals surface area contributed by atoms with E-state index in [1.807, 2.05) is 0 Å². The lowest BCUT2D eigenvalue weighted by atomic mass is 10.1. The molecule has 0 amide bonds. The van der Waals surface area contributed by atoms with Crippen LogP contribution in [-0.2, 0) is 4.74 Å². The maximum atomic E-state index is 11.7. The van der Waals surface area contributed by atoms with E-state index in [-0.39, 0.29) is 6.42 Å². The van der Waals surface area contributed by atoms with Crippen LogP contribution in [0.15, 0.2) is 12.8 Å². The van der Waals surface area contributed by atoms with E-state index in [2.05, 4.69) is 6.58 Å². The zero-order valence-electron chi connectivity index (χ0n) is 8.28. The van der Waals surface area contributed by atoms with Crippen molar-refractivity contribution in [3.8, 4) is 0 Å². The van der Waals surface area contributed by atoms with Gasteiger partial charge in [-0.2, -0.15) is 13.2 Å². The third-order valence-electron chi connectivity index (χ3n) is 1.84. The molecule has 0 saturated carbocycles. The van der Waals surface area contributed by atoms with Gasteiger partial charge in [0, 0.05) is 6.42 Å². The minimum Gasteiger partial charge on any atom is -0.502 e. The van der Waals surface area contributed by atoms with Crippen molar-refractivity contribution in [2.75, 3.05) is 6.61 Å². The summed E-state index contributed by atoms with van der Waals surface area (Å²) in [6.45, 7) is 4.00. The van der Waals surface area contributed by atoms with Crippen molar-refractivity contribution in [1.82, 2.24) is 0 Å². The molecule has 0 bridgehead atoms. The summed E-state index contributed by atoms with van der Waals surface area (Å²) in [6.07, 6.45) is 0.269. The molecular formula is C10H17F3O. The molecule has 0 fully saturated rings. The molecule has 0 spiro atoms. The quantitative estimate of drug-likeness (QED) is 0.434. The highest BCUT2D eigenvalue weighted by Gasteiger charge is 2.25. The molecule has 0 saturated heterocycles. The molecule has 0 aliphatic rings. The molecule has 0 N–H and O–H groups in total. The maximum Gasteiger partial charge on any atom is 0.389 e. The molecule has 84 valence electrons. The van der Waals surface area contributed by atoms with Crippen LogP contribution in [-0.4, -0.2) is 12.8 Å². The van der Waals surface area contributed by atoms with Gasteiger partial charge < -0.3 is 4.74 Å². The normalized spacial score (nSPS) is 11.4. The Kier molecular flexibility index (Phi) is 7.34. The second kappa shape index (κ2) is 7.71. The van der Waals surface area contributed by atoms with E-state index in [1.165, 1.54) is 6.26 Å². The third-order valence-corrected chi connectivity index (χ3v) is 1.84. The first-order chi connectivity index (χ1) is 6.56. The van der Waals surface area contributed by atoms with Crippen LogP contribution >= 0.6 is 0 Å². The van der Waals surface area contributed by atoms with Gasteiger partial charge in [-0.05, 0) is 12.8 Å². The Morgan fingerprint density at radius 3 is 2.14 bits per heavy atom. The summed E-state index contributed by atoms with van der Waals surface area (Å²) in [6, 6.07) is 0. The van der Waals surface area contributed by atoms with Gasteiger partial charge in [-0.1, -0.05) is 25.8 Å². The molecule has 0 aromatic heterocycles. The van der Waals surface area contributed by atoms with Gasteiger partial charge in [0.15, 0.2) is 0 Å². The average molecular weight is 210 g/mol. The number of rotatable bonds is 8. The lowest BCUT2D eigenvalue weighted by Gasteiger charge is -2.05. The predicted octanol–water partition coefficient (Wildman–Crippen LogP) is 4.05. The molecule has 0 aromatic rings. The van der Waals surface area contributed by atoms with E-state index >= 15 is 0 Å². The molecule has 1 nitrogen and oxygen atoms in total. The number of hydrogen-bond acceptors (Lipinski definition) is 1. The van der Waals surface area contributed by atoms with Gasteiger partial charge in [0.25, 0.3) is 0 Å². The Labute approximate surface area is 82.9 Å². The highest BCUT2D eigenvalue weighted by molar-refractivity contribution is 4.53. The zero-order chi connectivity index (χ0) is 10.9. The Morgan fingerprint density at radius 2 is 1.57 bits per heavy atom. The average Bonchev–Trinajstić information content (AvgIpc) is 2.08. The van der Waals surface area contributed by atoms with Crippen molar-refractivity contribution in [3.63, 3.8) is 0 Å². The van der Waals surface area contributed by atoms with Crippen LogP contribution in [0.5, 0.6) is 0 Å². The van der Waals surface area contributed by atoms with Gasteiger partial charge in [-0.3, -0.25) is 0 Å². The molecule has 0 aliphatic carbocycles. The second-order valence-corrected chi connectivity index (χ2v) is 3.17.